The highest BCUT2D eigenvalue weighted by Crippen LogP contribution is 2.19. The van der Waals surface area contributed by atoms with Gasteiger partial charge in [0, 0.05) is 16.8 Å². The molecule has 2 rings (SSSR count). The molecule has 3 N–H and O–H groups in total. The second kappa shape index (κ2) is 9.07. The Bertz CT molecular complexity index is 811. The maximum atomic E-state index is 14.0. The largest absolute Gasteiger partial charge is 0.394 e. The van der Waals surface area contributed by atoms with Gasteiger partial charge in [-0.15, -0.1) is 5.17 Å². The molecule has 10 heteroatoms. The molecule has 140 valence electrons. The lowest BCUT2D eigenvalue weighted by molar-refractivity contribution is -0.115. The van der Waals surface area contributed by atoms with E-state index >= 15 is 0 Å². The van der Waals surface area contributed by atoms with Crippen molar-refractivity contribution in [3.63, 3.8) is 0 Å². The Balaban J connectivity index is 2.28. The van der Waals surface area contributed by atoms with Crippen LogP contribution in [-0.2, 0) is 11.9 Å². The number of carbonyl (C=O) groups is 2. The van der Waals surface area contributed by atoms with Crippen LogP contribution < -0.4 is 5.43 Å². The number of aryl methyl sites for hydroxylation is 1. The molecule has 8 nitrogen and oxygen atoms in total. The number of halogens is 2. The van der Waals surface area contributed by atoms with Crippen molar-refractivity contribution >= 4 is 40.0 Å². The van der Waals surface area contributed by atoms with E-state index in [4.69, 9.17) is 15.1 Å². The minimum Gasteiger partial charge on any atom is -0.394 e. The number of nitrogens with one attached hydrogen (secondary N) is 1. The Kier molecular flexibility index (Phi) is 7.08. The molecular formula is C16H17FIN3O5. The Hall–Kier alpha value is -2.02. The number of ketones is 1. The first-order valence-corrected chi connectivity index (χ1v) is 8.55. The molecule has 26 heavy (non-hydrogen) atoms. The first-order chi connectivity index (χ1) is 12.4. The fraction of sp³-hybridized carbons (Fsp3) is 0.250. The van der Waals surface area contributed by atoms with E-state index in [0.717, 1.165) is 0 Å². The number of hydrogen-bond acceptors (Lipinski definition) is 6. The smallest absolute Gasteiger partial charge is 0.298 e. The fourth-order valence-corrected chi connectivity index (χ4v) is 2.57. The van der Waals surface area contributed by atoms with Crippen LogP contribution in [0.3, 0.4) is 0 Å². The van der Waals surface area contributed by atoms with Crippen LogP contribution in [0, 0.1) is 9.39 Å². The summed E-state index contributed by atoms with van der Waals surface area (Å²) in [5.41, 5.74) is 2.73. The molecule has 2 aromatic rings. The number of hydroxylamine groups is 1. The molecular weight excluding hydrogens is 460 g/mol. The van der Waals surface area contributed by atoms with Crippen molar-refractivity contribution in [3.8, 4) is 0 Å². The zero-order valence-corrected chi connectivity index (χ0v) is 15.9. The number of anilines is 1. The fourth-order valence-electron chi connectivity index (χ4n) is 2.12. The van der Waals surface area contributed by atoms with E-state index in [1.54, 1.807) is 13.1 Å². The lowest BCUT2D eigenvalue weighted by Crippen LogP contribution is -2.37. The van der Waals surface area contributed by atoms with Crippen molar-refractivity contribution < 1.29 is 29.0 Å². The number of rotatable bonds is 8. The molecule has 0 saturated heterocycles. The van der Waals surface area contributed by atoms with Crippen molar-refractivity contribution in [3.05, 3.63) is 51.1 Å². The zero-order valence-electron chi connectivity index (χ0n) is 13.8. The van der Waals surface area contributed by atoms with Gasteiger partial charge in [-0.25, -0.2) is 9.23 Å². The maximum Gasteiger partial charge on any atom is 0.298 e. The number of hydrogen-bond donors (Lipinski definition) is 3. The molecule has 1 aromatic heterocycles. The van der Waals surface area contributed by atoms with Gasteiger partial charge < -0.3 is 14.8 Å². The van der Waals surface area contributed by atoms with E-state index in [1.165, 1.54) is 29.0 Å². The Morgan fingerprint density at radius 2 is 2.08 bits per heavy atom. The van der Waals surface area contributed by atoms with E-state index in [0.29, 0.717) is 8.74 Å². The second-order valence-electron chi connectivity index (χ2n) is 5.20. The lowest BCUT2D eigenvalue weighted by Gasteiger charge is -2.22. The number of aliphatic hydroxyl groups is 2. The molecule has 1 heterocycles. The van der Waals surface area contributed by atoms with Gasteiger partial charge in [0.25, 0.3) is 5.91 Å². The standard InChI is InChI=1S/C16H17FIN3O5/c1-20-8-10(6-14(20)15(24)9-23)16(25)21(26-5-4-22)19-13-3-2-11(18)7-12(13)17/h2-3,6-8,19,22-23H,4-5,9H2,1H3. The summed E-state index contributed by atoms with van der Waals surface area (Å²) in [5, 5.41) is 18.6. The first kappa shape index (κ1) is 20.3. The number of aliphatic hydroxyl groups excluding tert-OH is 2. The highest BCUT2D eigenvalue weighted by atomic mass is 127. The van der Waals surface area contributed by atoms with Gasteiger partial charge in [-0.1, -0.05) is 0 Å². The van der Waals surface area contributed by atoms with Crippen molar-refractivity contribution in [2.45, 2.75) is 0 Å². The number of hydrazine groups is 1. The number of benzene rings is 1. The van der Waals surface area contributed by atoms with Crippen LogP contribution in [0.1, 0.15) is 20.8 Å². The van der Waals surface area contributed by atoms with Gasteiger partial charge in [-0.05, 0) is 46.9 Å². The van der Waals surface area contributed by atoms with Gasteiger partial charge in [-0.2, -0.15) is 0 Å². The summed E-state index contributed by atoms with van der Waals surface area (Å²) in [4.78, 5) is 29.5. The molecule has 0 saturated carbocycles. The normalized spacial score (nSPS) is 10.7. The Morgan fingerprint density at radius 3 is 2.69 bits per heavy atom. The van der Waals surface area contributed by atoms with E-state index in [9.17, 15) is 14.0 Å². The van der Waals surface area contributed by atoms with Gasteiger partial charge in [0.1, 0.15) is 19.0 Å². The van der Waals surface area contributed by atoms with E-state index in [-0.39, 0.29) is 30.2 Å². The van der Waals surface area contributed by atoms with Gasteiger partial charge in [0.05, 0.1) is 23.6 Å². The summed E-state index contributed by atoms with van der Waals surface area (Å²) in [6.07, 6.45) is 1.38. The minimum absolute atomic E-state index is 0.000653. The molecule has 0 spiro atoms. The van der Waals surface area contributed by atoms with Crippen molar-refractivity contribution in [1.82, 2.24) is 9.74 Å². The van der Waals surface area contributed by atoms with Crippen LogP contribution >= 0.6 is 22.6 Å². The van der Waals surface area contributed by atoms with Crippen molar-refractivity contribution in [2.24, 2.45) is 7.05 Å². The summed E-state index contributed by atoms with van der Waals surface area (Å²) in [6.45, 7) is -1.26. The minimum atomic E-state index is -0.705. The summed E-state index contributed by atoms with van der Waals surface area (Å²) in [7, 11) is 1.55. The average molecular weight is 477 g/mol. The third-order valence-electron chi connectivity index (χ3n) is 3.33. The highest BCUT2D eigenvalue weighted by Gasteiger charge is 2.22. The molecule has 0 radical (unpaired) electrons. The predicted octanol–water partition coefficient (Wildman–Crippen LogP) is 1.34. The number of amides is 1. The van der Waals surface area contributed by atoms with Crippen LogP contribution in [0.15, 0.2) is 30.5 Å². The number of carbonyl (C=O) groups excluding carboxylic acids is 2. The quantitative estimate of drug-likeness (QED) is 0.301. The molecule has 1 amide bonds. The van der Waals surface area contributed by atoms with Crippen LogP contribution in [0.4, 0.5) is 10.1 Å². The molecule has 0 aliphatic rings. The van der Waals surface area contributed by atoms with Gasteiger partial charge in [0.2, 0.25) is 5.78 Å². The molecule has 0 aliphatic heterocycles. The number of aromatic nitrogens is 1. The maximum absolute atomic E-state index is 14.0. The average Bonchev–Trinajstić information content (AvgIpc) is 3.00. The van der Waals surface area contributed by atoms with Crippen LogP contribution in [0.5, 0.6) is 0 Å². The summed E-state index contributed by atoms with van der Waals surface area (Å²) in [6, 6.07) is 5.65. The van der Waals surface area contributed by atoms with Crippen molar-refractivity contribution in [1.29, 1.82) is 0 Å². The number of nitrogens with zero attached hydrogens (tertiary/aromatic N) is 2. The topological polar surface area (TPSA) is 104 Å². The number of Topliss-reactive ketones (excluding diaryl/α,β-unsaturated/α-hetero) is 1. The van der Waals surface area contributed by atoms with Gasteiger partial charge in [0.15, 0.2) is 0 Å². The van der Waals surface area contributed by atoms with Crippen LogP contribution in [0.25, 0.3) is 0 Å². The molecule has 0 atom stereocenters. The predicted molar refractivity (Wildman–Crippen MR) is 98.8 cm³/mol. The Morgan fingerprint density at radius 1 is 1.35 bits per heavy atom. The molecule has 0 fully saturated rings. The summed E-state index contributed by atoms with van der Waals surface area (Å²) >= 11 is 1.95. The molecule has 0 aliphatic carbocycles. The SMILES string of the molecule is Cn1cc(C(=O)N(Nc2ccc(I)cc2F)OCCO)cc1C(=O)CO. The monoisotopic (exact) mass is 477 g/mol. The molecule has 1 aromatic carbocycles. The van der Waals surface area contributed by atoms with Crippen LogP contribution in [-0.4, -0.2) is 51.5 Å². The Labute approximate surface area is 162 Å². The van der Waals surface area contributed by atoms with E-state index in [1.807, 2.05) is 22.6 Å². The second-order valence-corrected chi connectivity index (χ2v) is 6.44. The first-order valence-electron chi connectivity index (χ1n) is 7.47. The molecule has 0 unspecified atom stereocenters. The summed E-state index contributed by atoms with van der Waals surface area (Å²) in [5.74, 6) is -1.85. The molecule has 0 bridgehead atoms. The third-order valence-corrected chi connectivity index (χ3v) is 4.00. The van der Waals surface area contributed by atoms with Crippen molar-refractivity contribution in [2.75, 3.05) is 25.2 Å². The van der Waals surface area contributed by atoms with E-state index < -0.39 is 24.1 Å². The zero-order chi connectivity index (χ0) is 19.3. The van der Waals surface area contributed by atoms with Crippen LogP contribution in [0.2, 0.25) is 0 Å². The summed E-state index contributed by atoms with van der Waals surface area (Å²) < 4.78 is 16.1. The van der Waals surface area contributed by atoms with Gasteiger partial charge in [-0.3, -0.25) is 15.0 Å². The third kappa shape index (κ3) is 4.78. The highest BCUT2D eigenvalue weighted by molar-refractivity contribution is 14.1. The lowest BCUT2D eigenvalue weighted by atomic mass is 10.2. The van der Waals surface area contributed by atoms with Gasteiger partial charge >= 0.3 is 0 Å². The van der Waals surface area contributed by atoms with E-state index in [2.05, 4.69) is 5.43 Å².